The van der Waals surface area contributed by atoms with E-state index in [1.165, 1.54) is 0 Å². The zero-order valence-corrected chi connectivity index (χ0v) is 12.0. The fourth-order valence-electron chi connectivity index (χ4n) is 2.98. The Morgan fingerprint density at radius 1 is 1.19 bits per heavy atom. The van der Waals surface area contributed by atoms with E-state index in [-0.39, 0.29) is 18.6 Å². The van der Waals surface area contributed by atoms with Gasteiger partial charge in [0.25, 0.3) is 5.91 Å². The first-order valence-corrected chi connectivity index (χ1v) is 7.52. The number of nitrogens with zero attached hydrogens (tertiary/aromatic N) is 1. The summed E-state index contributed by atoms with van der Waals surface area (Å²) >= 11 is 0. The van der Waals surface area contributed by atoms with Crippen molar-refractivity contribution in [3.8, 4) is 0 Å². The van der Waals surface area contributed by atoms with Crippen LogP contribution >= 0.6 is 0 Å². The maximum Gasteiger partial charge on any atom is 0.251 e. The van der Waals surface area contributed by atoms with Gasteiger partial charge in [0.1, 0.15) is 0 Å². The molecular weight excluding hydrogens is 264 g/mol. The van der Waals surface area contributed by atoms with Crippen LogP contribution in [0.2, 0.25) is 0 Å². The fourth-order valence-corrected chi connectivity index (χ4v) is 2.98. The van der Waals surface area contributed by atoms with Crippen molar-refractivity contribution < 1.29 is 9.90 Å². The van der Waals surface area contributed by atoms with Gasteiger partial charge < -0.3 is 10.4 Å². The number of fused-ring (bicyclic) bond motifs is 1. The third-order valence-corrected chi connectivity index (χ3v) is 4.34. The number of hydrogen-bond donors (Lipinski definition) is 2. The molecule has 0 bridgehead atoms. The van der Waals surface area contributed by atoms with E-state index < -0.39 is 0 Å². The van der Waals surface area contributed by atoms with E-state index >= 15 is 0 Å². The fraction of sp³-hybridized carbons (Fsp3) is 0.412. The summed E-state index contributed by atoms with van der Waals surface area (Å²) in [7, 11) is 0. The minimum absolute atomic E-state index is 0.0202. The Bertz CT molecular complexity index is 633. The molecule has 2 aromatic rings. The molecule has 0 saturated heterocycles. The summed E-state index contributed by atoms with van der Waals surface area (Å²) in [6.45, 7) is 0.262. The van der Waals surface area contributed by atoms with E-state index in [0.717, 1.165) is 36.5 Å². The lowest BCUT2D eigenvalue weighted by Crippen LogP contribution is -2.38. The van der Waals surface area contributed by atoms with Crippen molar-refractivity contribution in [3.63, 3.8) is 0 Å². The van der Waals surface area contributed by atoms with Crippen LogP contribution in [0.3, 0.4) is 0 Å². The molecule has 1 amide bonds. The summed E-state index contributed by atoms with van der Waals surface area (Å²) < 4.78 is 0. The van der Waals surface area contributed by atoms with Crippen LogP contribution in [0.15, 0.2) is 36.7 Å². The Kier molecular flexibility index (Phi) is 4.15. The van der Waals surface area contributed by atoms with Crippen molar-refractivity contribution in [1.29, 1.82) is 0 Å². The summed E-state index contributed by atoms with van der Waals surface area (Å²) in [5, 5.41) is 14.3. The minimum atomic E-state index is -0.0202. The minimum Gasteiger partial charge on any atom is -0.396 e. The van der Waals surface area contributed by atoms with Crippen molar-refractivity contribution >= 4 is 16.7 Å². The van der Waals surface area contributed by atoms with Crippen LogP contribution < -0.4 is 5.32 Å². The number of hydrogen-bond acceptors (Lipinski definition) is 3. The van der Waals surface area contributed by atoms with Gasteiger partial charge in [0.05, 0.1) is 0 Å². The zero-order valence-electron chi connectivity index (χ0n) is 12.0. The average molecular weight is 284 g/mol. The lowest BCUT2D eigenvalue weighted by atomic mass is 9.86. The Morgan fingerprint density at radius 2 is 2.00 bits per heavy atom. The highest BCUT2D eigenvalue weighted by Crippen LogP contribution is 2.24. The van der Waals surface area contributed by atoms with Gasteiger partial charge in [0.15, 0.2) is 0 Å². The Balaban J connectivity index is 1.67. The molecule has 4 heteroatoms. The molecule has 0 atom stereocenters. The van der Waals surface area contributed by atoms with Crippen LogP contribution in [-0.4, -0.2) is 28.6 Å². The second-order valence-electron chi connectivity index (χ2n) is 5.81. The number of aliphatic hydroxyl groups is 1. The van der Waals surface area contributed by atoms with Crippen molar-refractivity contribution in [3.05, 3.63) is 42.2 Å². The highest BCUT2D eigenvalue weighted by molar-refractivity contribution is 5.98. The molecule has 0 spiro atoms. The number of pyridine rings is 1. The number of nitrogens with one attached hydrogen (secondary N) is 1. The monoisotopic (exact) mass is 284 g/mol. The second-order valence-corrected chi connectivity index (χ2v) is 5.81. The van der Waals surface area contributed by atoms with Gasteiger partial charge in [-0.25, -0.2) is 0 Å². The lowest BCUT2D eigenvalue weighted by Gasteiger charge is -2.28. The van der Waals surface area contributed by atoms with Crippen LogP contribution in [0.5, 0.6) is 0 Å². The Labute approximate surface area is 124 Å². The zero-order chi connectivity index (χ0) is 14.7. The number of carbonyl (C=O) groups excluding carboxylic acids is 1. The molecule has 4 nitrogen and oxygen atoms in total. The standard InChI is InChI=1S/C17H20N2O2/c20-11-12-1-5-16(6-2-12)19-17(21)14-4-3-13-7-8-18-10-15(13)9-14/h3-4,7-10,12,16,20H,1-2,5-6,11H2,(H,19,21). The molecule has 1 heterocycles. The van der Waals surface area contributed by atoms with E-state index in [1.807, 2.05) is 24.3 Å². The normalized spacial score (nSPS) is 22.1. The molecular formula is C17H20N2O2. The number of aromatic nitrogens is 1. The Morgan fingerprint density at radius 3 is 2.76 bits per heavy atom. The average Bonchev–Trinajstić information content (AvgIpc) is 2.55. The molecule has 110 valence electrons. The maximum absolute atomic E-state index is 12.3. The number of aliphatic hydroxyl groups excluding tert-OH is 1. The lowest BCUT2D eigenvalue weighted by molar-refractivity contribution is 0.0914. The first-order chi connectivity index (χ1) is 10.3. The highest BCUT2D eigenvalue weighted by Gasteiger charge is 2.22. The van der Waals surface area contributed by atoms with E-state index in [4.69, 9.17) is 5.11 Å². The molecule has 0 radical (unpaired) electrons. The molecule has 0 aliphatic heterocycles. The topological polar surface area (TPSA) is 62.2 Å². The van der Waals surface area contributed by atoms with Gasteiger partial charge in [0, 0.05) is 36.0 Å². The van der Waals surface area contributed by atoms with E-state index in [0.29, 0.717) is 11.5 Å². The summed E-state index contributed by atoms with van der Waals surface area (Å²) in [6.07, 6.45) is 7.41. The van der Waals surface area contributed by atoms with Crippen molar-refractivity contribution in [1.82, 2.24) is 10.3 Å². The largest absolute Gasteiger partial charge is 0.396 e. The van der Waals surface area contributed by atoms with Crippen molar-refractivity contribution in [2.75, 3.05) is 6.61 Å². The third kappa shape index (κ3) is 3.22. The molecule has 3 rings (SSSR count). The molecule has 1 aromatic carbocycles. The Hall–Kier alpha value is -1.94. The molecule has 1 saturated carbocycles. The highest BCUT2D eigenvalue weighted by atomic mass is 16.3. The summed E-state index contributed by atoms with van der Waals surface area (Å²) in [5.74, 6) is 0.387. The van der Waals surface area contributed by atoms with Gasteiger partial charge in [-0.1, -0.05) is 6.07 Å². The van der Waals surface area contributed by atoms with E-state index in [2.05, 4.69) is 10.3 Å². The summed E-state index contributed by atoms with van der Waals surface area (Å²) in [4.78, 5) is 16.4. The van der Waals surface area contributed by atoms with Crippen LogP contribution in [0, 0.1) is 5.92 Å². The van der Waals surface area contributed by atoms with Crippen molar-refractivity contribution in [2.45, 2.75) is 31.7 Å². The molecule has 1 aliphatic carbocycles. The van der Waals surface area contributed by atoms with Crippen LogP contribution in [0.1, 0.15) is 36.0 Å². The maximum atomic E-state index is 12.3. The first kappa shape index (κ1) is 14.0. The second kappa shape index (κ2) is 6.22. The van der Waals surface area contributed by atoms with Gasteiger partial charge in [-0.2, -0.15) is 0 Å². The number of amides is 1. The number of rotatable bonds is 3. The van der Waals surface area contributed by atoms with Gasteiger partial charge in [0.2, 0.25) is 0 Å². The SMILES string of the molecule is O=C(NC1CCC(CO)CC1)c1ccc2ccncc2c1. The molecule has 0 unspecified atom stereocenters. The number of benzene rings is 1. The third-order valence-electron chi connectivity index (χ3n) is 4.34. The molecule has 1 aliphatic rings. The molecule has 21 heavy (non-hydrogen) atoms. The van der Waals surface area contributed by atoms with Crippen LogP contribution in [0.25, 0.3) is 10.8 Å². The predicted molar refractivity (Wildman–Crippen MR) is 82.0 cm³/mol. The van der Waals surface area contributed by atoms with Gasteiger partial charge >= 0.3 is 0 Å². The number of carbonyl (C=O) groups is 1. The van der Waals surface area contributed by atoms with Gasteiger partial charge in [-0.05, 0) is 55.2 Å². The predicted octanol–water partition coefficient (Wildman–Crippen LogP) is 2.52. The van der Waals surface area contributed by atoms with Crippen LogP contribution in [-0.2, 0) is 0 Å². The van der Waals surface area contributed by atoms with Crippen LogP contribution in [0.4, 0.5) is 0 Å². The first-order valence-electron chi connectivity index (χ1n) is 7.52. The van der Waals surface area contributed by atoms with Crippen molar-refractivity contribution in [2.24, 2.45) is 5.92 Å². The summed E-state index contributed by atoms with van der Waals surface area (Å²) in [6, 6.07) is 7.86. The summed E-state index contributed by atoms with van der Waals surface area (Å²) in [5.41, 5.74) is 0.680. The quantitative estimate of drug-likeness (QED) is 0.910. The molecule has 1 aromatic heterocycles. The molecule has 1 fully saturated rings. The van der Waals surface area contributed by atoms with E-state index in [1.54, 1.807) is 12.4 Å². The van der Waals surface area contributed by atoms with E-state index in [9.17, 15) is 4.79 Å². The van der Waals surface area contributed by atoms with Gasteiger partial charge in [-0.15, -0.1) is 0 Å². The van der Waals surface area contributed by atoms with Gasteiger partial charge in [-0.3, -0.25) is 9.78 Å². The smallest absolute Gasteiger partial charge is 0.251 e. The molecule has 2 N–H and O–H groups in total.